The summed E-state index contributed by atoms with van der Waals surface area (Å²) in [5.41, 5.74) is 2.46. The van der Waals surface area contributed by atoms with Crippen LogP contribution in [0.3, 0.4) is 0 Å². The molecule has 0 aliphatic carbocycles. The number of methoxy groups -OCH3 is 1. The van der Waals surface area contributed by atoms with E-state index in [2.05, 4.69) is 27.2 Å². The average Bonchev–Trinajstić information content (AvgIpc) is 2.72. The van der Waals surface area contributed by atoms with E-state index < -0.39 is 0 Å². The van der Waals surface area contributed by atoms with E-state index in [1.165, 1.54) is 11.1 Å². The molecule has 1 saturated heterocycles. The maximum absolute atomic E-state index is 12.2. The van der Waals surface area contributed by atoms with E-state index in [1.807, 2.05) is 36.4 Å². The van der Waals surface area contributed by atoms with Crippen LogP contribution in [0.5, 0.6) is 5.75 Å². The number of carbonyl (C=O) groups is 1. The number of benzene rings is 2. The van der Waals surface area contributed by atoms with E-state index in [4.69, 9.17) is 16.3 Å². The summed E-state index contributed by atoms with van der Waals surface area (Å²) in [5.74, 6) is 0.947. The number of rotatable bonds is 8. The third-order valence-electron chi connectivity index (χ3n) is 5.05. The van der Waals surface area contributed by atoms with Crippen LogP contribution < -0.4 is 10.1 Å². The van der Waals surface area contributed by atoms with Crippen LogP contribution in [0.4, 0.5) is 0 Å². The van der Waals surface area contributed by atoms with Crippen molar-refractivity contribution >= 4 is 17.5 Å². The van der Waals surface area contributed by atoms with Crippen molar-refractivity contribution in [3.05, 3.63) is 64.7 Å². The van der Waals surface area contributed by atoms with Gasteiger partial charge in [-0.15, -0.1) is 0 Å². The van der Waals surface area contributed by atoms with Crippen LogP contribution >= 0.6 is 11.6 Å². The van der Waals surface area contributed by atoms with Gasteiger partial charge in [0.25, 0.3) is 0 Å². The fourth-order valence-electron chi connectivity index (χ4n) is 3.35. The first kappa shape index (κ1) is 20.6. The number of hydrogen-bond acceptors (Lipinski definition) is 4. The highest BCUT2D eigenvalue weighted by Gasteiger charge is 2.18. The molecule has 1 N–H and O–H groups in total. The second-order valence-electron chi connectivity index (χ2n) is 7.13. The summed E-state index contributed by atoms with van der Waals surface area (Å²) in [5, 5.41) is 3.80. The number of nitrogens with zero attached hydrogens (tertiary/aromatic N) is 2. The lowest BCUT2D eigenvalue weighted by Crippen LogP contribution is -2.49. The van der Waals surface area contributed by atoms with E-state index in [9.17, 15) is 4.79 Å². The molecule has 1 amide bonds. The van der Waals surface area contributed by atoms with Crippen molar-refractivity contribution in [2.75, 3.05) is 46.4 Å². The zero-order valence-electron chi connectivity index (χ0n) is 16.4. The van der Waals surface area contributed by atoms with Crippen molar-refractivity contribution < 1.29 is 9.53 Å². The number of piperazine rings is 1. The number of ether oxygens (including phenoxy) is 1. The lowest BCUT2D eigenvalue weighted by Gasteiger charge is -2.34. The first-order chi connectivity index (χ1) is 13.6. The first-order valence-corrected chi connectivity index (χ1v) is 10.1. The van der Waals surface area contributed by atoms with Crippen molar-refractivity contribution in [2.45, 2.75) is 13.0 Å². The smallest absolute Gasteiger partial charge is 0.234 e. The van der Waals surface area contributed by atoms with Crippen LogP contribution in [0, 0.1) is 0 Å². The monoisotopic (exact) mass is 401 g/mol. The second-order valence-corrected chi connectivity index (χ2v) is 7.56. The van der Waals surface area contributed by atoms with Gasteiger partial charge in [0.15, 0.2) is 0 Å². The molecular formula is C22H28ClN3O2. The Labute approximate surface area is 172 Å². The van der Waals surface area contributed by atoms with Gasteiger partial charge < -0.3 is 10.1 Å². The molecule has 0 radical (unpaired) electrons. The van der Waals surface area contributed by atoms with Crippen LogP contribution in [-0.2, 0) is 17.8 Å². The molecule has 0 aromatic heterocycles. The third kappa shape index (κ3) is 6.51. The molecule has 2 aromatic rings. The average molecular weight is 402 g/mol. The molecule has 0 saturated carbocycles. The Kier molecular flexibility index (Phi) is 7.71. The van der Waals surface area contributed by atoms with Gasteiger partial charge >= 0.3 is 0 Å². The minimum absolute atomic E-state index is 0.0969. The Hall–Kier alpha value is -2.08. The highest BCUT2D eigenvalue weighted by molar-refractivity contribution is 6.30. The molecule has 3 rings (SSSR count). The molecule has 1 heterocycles. The lowest BCUT2D eigenvalue weighted by molar-refractivity contribution is -0.122. The third-order valence-corrected chi connectivity index (χ3v) is 5.30. The maximum atomic E-state index is 12.2. The van der Waals surface area contributed by atoms with Crippen molar-refractivity contribution in [3.8, 4) is 5.75 Å². The predicted octanol–water partition coefficient (Wildman–Crippen LogP) is 2.83. The van der Waals surface area contributed by atoms with Crippen LogP contribution in [0.25, 0.3) is 0 Å². The van der Waals surface area contributed by atoms with Gasteiger partial charge in [-0.05, 0) is 41.8 Å². The van der Waals surface area contributed by atoms with Crippen molar-refractivity contribution in [1.29, 1.82) is 0 Å². The fraction of sp³-hybridized carbons (Fsp3) is 0.409. The zero-order chi connectivity index (χ0) is 19.8. The van der Waals surface area contributed by atoms with E-state index in [0.29, 0.717) is 13.1 Å². The highest BCUT2D eigenvalue weighted by Crippen LogP contribution is 2.13. The Balaban J connectivity index is 1.32. The number of carbonyl (C=O) groups excluding carboxylic acids is 1. The molecule has 6 heteroatoms. The predicted molar refractivity (Wildman–Crippen MR) is 113 cm³/mol. The molecule has 0 unspecified atom stereocenters. The molecule has 2 aromatic carbocycles. The largest absolute Gasteiger partial charge is 0.497 e. The highest BCUT2D eigenvalue weighted by atomic mass is 35.5. The van der Waals surface area contributed by atoms with Crippen molar-refractivity contribution in [1.82, 2.24) is 15.1 Å². The number of nitrogens with one attached hydrogen (secondary N) is 1. The summed E-state index contributed by atoms with van der Waals surface area (Å²) < 4.78 is 5.16. The Morgan fingerprint density at radius 1 is 0.964 bits per heavy atom. The maximum Gasteiger partial charge on any atom is 0.234 e. The van der Waals surface area contributed by atoms with Gasteiger partial charge in [-0.2, -0.15) is 0 Å². The van der Waals surface area contributed by atoms with E-state index in [-0.39, 0.29) is 5.91 Å². The van der Waals surface area contributed by atoms with Crippen LogP contribution in [0.1, 0.15) is 11.1 Å². The van der Waals surface area contributed by atoms with Crippen molar-refractivity contribution in [2.24, 2.45) is 0 Å². The van der Waals surface area contributed by atoms with Crippen LogP contribution in [0.2, 0.25) is 5.02 Å². The van der Waals surface area contributed by atoms with Crippen molar-refractivity contribution in [3.63, 3.8) is 0 Å². The lowest BCUT2D eigenvalue weighted by atomic mass is 10.1. The second kappa shape index (κ2) is 10.5. The summed E-state index contributed by atoms with van der Waals surface area (Å²) in [6, 6.07) is 16.0. The number of amides is 1. The van der Waals surface area contributed by atoms with Gasteiger partial charge in [0.05, 0.1) is 13.7 Å². The molecule has 150 valence electrons. The summed E-state index contributed by atoms with van der Waals surface area (Å²) >= 11 is 5.94. The molecule has 28 heavy (non-hydrogen) atoms. The molecule has 1 fully saturated rings. The molecule has 0 atom stereocenters. The van der Waals surface area contributed by atoms with Gasteiger partial charge in [0.1, 0.15) is 5.75 Å². The Morgan fingerprint density at radius 2 is 1.57 bits per heavy atom. The normalized spacial score (nSPS) is 15.4. The molecule has 0 spiro atoms. The summed E-state index contributed by atoms with van der Waals surface area (Å²) in [6.07, 6.45) is 0.824. The number of hydrogen-bond donors (Lipinski definition) is 1. The molecule has 1 aliphatic heterocycles. The summed E-state index contributed by atoms with van der Waals surface area (Å²) in [6.45, 7) is 5.83. The standard InChI is InChI=1S/C22H28ClN3O2/c1-28-21-8-4-18(5-9-21)10-11-24-22(27)17-26-14-12-25(13-15-26)16-19-2-6-20(23)7-3-19/h2-9H,10-17H2,1H3,(H,24,27). The minimum atomic E-state index is 0.0969. The van der Waals surface area contributed by atoms with Crippen LogP contribution in [-0.4, -0.2) is 62.1 Å². The van der Waals surface area contributed by atoms with E-state index in [1.54, 1.807) is 7.11 Å². The first-order valence-electron chi connectivity index (χ1n) is 9.71. The molecule has 5 nitrogen and oxygen atoms in total. The zero-order valence-corrected chi connectivity index (χ0v) is 17.1. The molecular weight excluding hydrogens is 374 g/mol. The Bertz CT molecular complexity index is 741. The van der Waals surface area contributed by atoms with Gasteiger partial charge in [-0.25, -0.2) is 0 Å². The molecule has 0 bridgehead atoms. The quantitative estimate of drug-likeness (QED) is 0.738. The summed E-state index contributed by atoms with van der Waals surface area (Å²) in [4.78, 5) is 16.8. The van der Waals surface area contributed by atoms with E-state index >= 15 is 0 Å². The summed E-state index contributed by atoms with van der Waals surface area (Å²) in [7, 11) is 1.66. The van der Waals surface area contributed by atoms with Gasteiger partial charge in [0, 0.05) is 44.3 Å². The SMILES string of the molecule is COc1ccc(CCNC(=O)CN2CCN(Cc3ccc(Cl)cc3)CC2)cc1. The van der Waals surface area contributed by atoms with Gasteiger partial charge in [-0.1, -0.05) is 35.9 Å². The fourth-order valence-corrected chi connectivity index (χ4v) is 3.48. The number of halogens is 1. The van der Waals surface area contributed by atoms with E-state index in [0.717, 1.165) is 49.9 Å². The van der Waals surface area contributed by atoms with Gasteiger partial charge in [-0.3, -0.25) is 14.6 Å². The van der Waals surface area contributed by atoms with Crippen LogP contribution in [0.15, 0.2) is 48.5 Å². The molecule has 1 aliphatic rings. The minimum Gasteiger partial charge on any atom is -0.497 e. The van der Waals surface area contributed by atoms with Gasteiger partial charge in [0.2, 0.25) is 5.91 Å². The topological polar surface area (TPSA) is 44.8 Å². The Morgan fingerprint density at radius 3 is 2.21 bits per heavy atom.